The second kappa shape index (κ2) is 18.2. The Morgan fingerprint density at radius 3 is 2.08 bits per heavy atom. The van der Waals surface area contributed by atoms with Gasteiger partial charge in [-0.05, 0) is 74.9 Å². The van der Waals surface area contributed by atoms with Gasteiger partial charge in [0.25, 0.3) is 0 Å². The van der Waals surface area contributed by atoms with Gasteiger partial charge in [-0.3, -0.25) is 4.79 Å². The van der Waals surface area contributed by atoms with Crippen LogP contribution in [-0.2, 0) is 38.1 Å². The molecule has 3 saturated heterocycles. The van der Waals surface area contributed by atoms with Crippen molar-refractivity contribution in [3.63, 3.8) is 0 Å². The monoisotopic (exact) mass is 762 g/mol. The van der Waals surface area contributed by atoms with Crippen molar-refractivity contribution < 1.29 is 63.6 Å². The molecule has 0 aromatic heterocycles. The molecular formula is C38H70N2O13. The maximum absolute atomic E-state index is 14.2. The van der Waals surface area contributed by atoms with Crippen LogP contribution in [-0.4, -0.2) is 155 Å². The number of likely N-dealkylation sites (N-methyl/N-ethyl adjacent to an activating group) is 1. The van der Waals surface area contributed by atoms with Crippen LogP contribution < -0.4 is 0 Å². The number of nitrogens with zero attached hydrogens (tertiary/aromatic N) is 2. The minimum Gasteiger partial charge on any atom is -0.459 e. The molecule has 0 aromatic carbocycles. The van der Waals surface area contributed by atoms with Gasteiger partial charge in [-0.25, -0.2) is 0 Å². The number of carbonyl (C=O) groups excluding carboxylic acids is 1. The average Bonchev–Trinajstić information content (AvgIpc) is 3.08. The zero-order valence-corrected chi connectivity index (χ0v) is 34.4. The number of aliphatic hydroxyl groups is 5. The molecule has 0 aliphatic carbocycles. The van der Waals surface area contributed by atoms with E-state index in [2.05, 4.69) is 5.16 Å². The summed E-state index contributed by atoms with van der Waals surface area (Å²) >= 11 is 0. The van der Waals surface area contributed by atoms with Gasteiger partial charge >= 0.3 is 5.97 Å². The van der Waals surface area contributed by atoms with Crippen molar-refractivity contribution in [3.05, 3.63) is 0 Å². The zero-order valence-electron chi connectivity index (χ0n) is 34.4. The average molecular weight is 763 g/mol. The highest BCUT2D eigenvalue weighted by molar-refractivity contribution is 5.88. The van der Waals surface area contributed by atoms with E-state index in [0.29, 0.717) is 12.1 Å². The Kier molecular flexibility index (Phi) is 15.7. The van der Waals surface area contributed by atoms with Crippen LogP contribution in [0.1, 0.15) is 94.9 Å². The predicted molar refractivity (Wildman–Crippen MR) is 196 cm³/mol. The molecule has 3 aliphatic rings. The second-order valence-corrected chi connectivity index (χ2v) is 16.8. The van der Waals surface area contributed by atoms with Gasteiger partial charge in [0.2, 0.25) is 0 Å². The number of esters is 1. The first kappa shape index (κ1) is 45.9. The Hall–Kier alpha value is -1.50. The maximum atomic E-state index is 14.2. The summed E-state index contributed by atoms with van der Waals surface area (Å²) in [6.07, 6.45) is -9.08. The van der Waals surface area contributed by atoms with Crippen molar-refractivity contribution in [1.82, 2.24) is 4.90 Å². The lowest BCUT2D eigenvalue weighted by Gasteiger charge is -2.49. The van der Waals surface area contributed by atoms with Crippen LogP contribution in [0.2, 0.25) is 0 Å². The first-order chi connectivity index (χ1) is 24.5. The summed E-state index contributed by atoms with van der Waals surface area (Å²) < 4.78 is 37.4. The molecule has 3 rings (SSSR count). The van der Waals surface area contributed by atoms with Gasteiger partial charge in [0.05, 0.1) is 53.4 Å². The molecule has 3 heterocycles. The van der Waals surface area contributed by atoms with Gasteiger partial charge in [0.15, 0.2) is 12.6 Å². The van der Waals surface area contributed by atoms with E-state index in [-0.39, 0.29) is 31.4 Å². The number of hydrogen-bond donors (Lipinski definition) is 5. The zero-order chi connectivity index (χ0) is 40.4. The van der Waals surface area contributed by atoms with Gasteiger partial charge in [-0.15, -0.1) is 0 Å². The molecular weight excluding hydrogens is 692 g/mol. The molecule has 15 heteroatoms. The molecule has 0 bridgehead atoms. The van der Waals surface area contributed by atoms with Gasteiger partial charge in [-0.2, -0.15) is 0 Å². The van der Waals surface area contributed by atoms with Crippen molar-refractivity contribution in [1.29, 1.82) is 0 Å². The predicted octanol–water partition coefficient (Wildman–Crippen LogP) is 2.22. The third-order valence-corrected chi connectivity index (χ3v) is 12.1. The molecule has 0 aromatic rings. The fraction of sp³-hybridized carbons (Fsp3) is 0.947. The highest BCUT2D eigenvalue weighted by Crippen LogP contribution is 2.41. The van der Waals surface area contributed by atoms with Gasteiger partial charge in [0, 0.05) is 37.3 Å². The Morgan fingerprint density at radius 1 is 0.906 bits per heavy atom. The summed E-state index contributed by atoms with van der Waals surface area (Å²) in [6.45, 7) is 17.0. The number of carbonyl (C=O) groups is 1. The number of rotatable bonds is 8. The fourth-order valence-electron chi connectivity index (χ4n) is 8.70. The molecule has 0 radical (unpaired) electrons. The summed E-state index contributed by atoms with van der Waals surface area (Å²) in [6, 6.07) is -0.306. The van der Waals surface area contributed by atoms with E-state index in [4.69, 9.17) is 33.3 Å². The van der Waals surface area contributed by atoms with Crippen LogP contribution in [0.3, 0.4) is 0 Å². The standard InChI is InChI=1S/C38H70N2O13/c1-15-26-38(10,46)31(42)21(4)28(39-48-14)19(2)17-36(8,45)33(53-35-29(41)25(40(11)12)16-20(3)49-35)22(5)30(23(6)34(44)51-26)52-27-18-37(9,47-13)32(43)24(7)50-27/h19-27,29-33,35,41-43,45-46H,15-18H2,1-14H3/b39-28-/t19?,20?,21?,22-,23?,24-,25?,26+,27?,29+,30-,31?,32?,33+,35?,36+,37+,38+/m0/s1. The smallest absolute Gasteiger partial charge is 0.311 e. The third kappa shape index (κ3) is 10.1. The van der Waals surface area contributed by atoms with Crippen LogP contribution in [0.4, 0.5) is 0 Å². The molecule has 3 fully saturated rings. The van der Waals surface area contributed by atoms with Crippen LogP contribution in [0.15, 0.2) is 5.16 Å². The summed E-state index contributed by atoms with van der Waals surface area (Å²) in [5, 5.41) is 62.8. The topological polar surface area (TPSA) is 198 Å². The quantitative estimate of drug-likeness (QED) is 0.178. The van der Waals surface area contributed by atoms with E-state index in [9.17, 15) is 30.3 Å². The number of methoxy groups -OCH3 is 1. The number of oxime groups is 1. The van der Waals surface area contributed by atoms with Crippen LogP contribution in [0.5, 0.6) is 0 Å². The normalized spacial score (nSPS) is 49.0. The molecule has 18 atom stereocenters. The number of ether oxygens (including phenoxy) is 6. The van der Waals surface area contributed by atoms with E-state index >= 15 is 0 Å². The Bertz CT molecular complexity index is 1220. The summed E-state index contributed by atoms with van der Waals surface area (Å²) in [5.41, 5.74) is -4.30. The largest absolute Gasteiger partial charge is 0.459 e. The van der Waals surface area contributed by atoms with E-state index in [0.717, 1.165) is 0 Å². The summed E-state index contributed by atoms with van der Waals surface area (Å²) in [7, 11) is 6.60. The van der Waals surface area contributed by atoms with Crippen LogP contribution in [0, 0.1) is 23.7 Å². The van der Waals surface area contributed by atoms with Crippen molar-refractivity contribution in [3.8, 4) is 0 Å². The van der Waals surface area contributed by atoms with E-state index in [1.54, 1.807) is 48.5 Å². The lowest BCUT2D eigenvalue weighted by Crippen LogP contribution is -2.61. The van der Waals surface area contributed by atoms with E-state index in [1.807, 2.05) is 32.8 Å². The minimum atomic E-state index is -1.91. The van der Waals surface area contributed by atoms with Crippen molar-refractivity contribution in [2.75, 3.05) is 28.3 Å². The summed E-state index contributed by atoms with van der Waals surface area (Å²) in [5.74, 6) is -3.90. The lowest BCUT2D eigenvalue weighted by atomic mass is 9.73. The van der Waals surface area contributed by atoms with Crippen LogP contribution >= 0.6 is 0 Å². The number of aliphatic hydroxyl groups excluding tert-OH is 3. The van der Waals surface area contributed by atoms with Crippen molar-refractivity contribution in [2.24, 2.45) is 28.8 Å². The highest BCUT2D eigenvalue weighted by atomic mass is 16.7. The molecule has 0 amide bonds. The first-order valence-electron chi connectivity index (χ1n) is 19.1. The maximum Gasteiger partial charge on any atom is 0.311 e. The van der Waals surface area contributed by atoms with E-state index in [1.165, 1.54) is 21.1 Å². The first-order valence-corrected chi connectivity index (χ1v) is 19.1. The SMILES string of the molecule is CC[C@H]1OC(=O)C(C)[C@@H](OC2C[C@@](C)(OC)C(O)[C@H](C)O2)[C@H](C)[C@@H](OC2OC(C)CC(N(C)C)[C@H]2O)[C@](C)(O)CC(C)/C(=N/OC)C(C)C(O)[C@]1(C)O. The Labute approximate surface area is 316 Å². The molecule has 15 nitrogen and oxygen atoms in total. The molecule has 53 heavy (non-hydrogen) atoms. The molecule has 5 N–H and O–H groups in total. The molecule has 9 unspecified atom stereocenters. The van der Waals surface area contributed by atoms with Crippen molar-refractivity contribution >= 4 is 11.7 Å². The lowest BCUT2D eigenvalue weighted by molar-refractivity contribution is -0.317. The van der Waals surface area contributed by atoms with Crippen LogP contribution in [0.25, 0.3) is 0 Å². The number of cyclic esters (lactones) is 1. The number of hydrogen-bond acceptors (Lipinski definition) is 15. The molecule has 0 saturated carbocycles. The molecule has 310 valence electrons. The van der Waals surface area contributed by atoms with E-state index < -0.39 is 102 Å². The Balaban J connectivity index is 2.23. The highest BCUT2D eigenvalue weighted by Gasteiger charge is 2.53. The second-order valence-electron chi connectivity index (χ2n) is 16.8. The third-order valence-electron chi connectivity index (χ3n) is 12.1. The Morgan fingerprint density at radius 2 is 1.53 bits per heavy atom. The summed E-state index contributed by atoms with van der Waals surface area (Å²) in [4.78, 5) is 21.3. The van der Waals surface area contributed by atoms with Gasteiger partial charge < -0.3 is 63.7 Å². The van der Waals surface area contributed by atoms with Crippen molar-refractivity contribution in [2.45, 2.75) is 179 Å². The fourth-order valence-corrected chi connectivity index (χ4v) is 8.70. The van der Waals surface area contributed by atoms with Gasteiger partial charge in [-0.1, -0.05) is 32.9 Å². The van der Waals surface area contributed by atoms with Gasteiger partial charge in [0.1, 0.15) is 31.0 Å². The minimum absolute atomic E-state index is 0.0204. The molecule has 0 spiro atoms. The molecule has 3 aliphatic heterocycles.